The summed E-state index contributed by atoms with van der Waals surface area (Å²) in [6.45, 7) is 2.78. The van der Waals surface area contributed by atoms with Gasteiger partial charge in [0, 0.05) is 24.0 Å². The highest BCUT2D eigenvalue weighted by Crippen LogP contribution is 2.18. The monoisotopic (exact) mass is 166 g/mol. The molecule has 0 saturated carbocycles. The summed E-state index contributed by atoms with van der Waals surface area (Å²) in [5, 5.41) is 3.08. The average molecular weight is 166 g/mol. The molecular weight excluding hydrogens is 152 g/mol. The number of rotatable bonds is 3. The second-order valence-electron chi connectivity index (χ2n) is 2.61. The Labute approximate surface area is 72.8 Å². The Bertz CT molecular complexity index is 261. The van der Waals surface area contributed by atoms with E-state index in [1.165, 1.54) is 0 Å². The molecule has 66 valence electrons. The van der Waals surface area contributed by atoms with E-state index in [9.17, 15) is 0 Å². The second kappa shape index (κ2) is 4.07. The van der Waals surface area contributed by atoms with Crippen molar-refractivity contribution in [3.63, 3.8) is 0 Å². The third-order valence-electron chi connectivity index (χ3n) is 1.80. The minimum Gasteiger partial charge on any atom is -0.496 e. The zero-order chi connectivity index (χ0) is 8.97. The molecule has 0 aliphatic heterocycles. The number of aromatic nitrogens is 1. The fourth-order valence-electron chi connectivity index (χ4n) is 1.16. The Morgan fingerprint density at radius 3 is 2.92 bits per heavy atom. The topological polar surface area (TPSA) is 34.1 Å². The van der Waals surface area contributed by atoms with Gasteiger partial charge in [-0.1, -0.05) is 0 Å². The van der Waals surface area contributed by atoms with Crippen molar-refractivity contribution in [2.45, 2.75) is 13.5 Å². The van der Waals surface area contributed by atoms with E-state index >= 15 is 0 Å². The lowest BCUT2D eigenvalue weighted by atomic mass is 10.2. The van der Waals surface area contributed by atoms with Crippen molar-refractivity contribution >= 4 is 0 Å². The molecule has 0 saturated heterocycles. The fraction of sp³-hybridized carbons (Fsp3) is 0.444. The zero-order valence-corrected chi connectivity index (χ0v) is 7.72. The number of ether oxygens (including phenoxy) is 1. The normalized spacial score (nSPS) is 9.92. The Kier molecular flexibility index (Phi) is 3.05. The van der Waals surface area contributed by atoms with E-state index in [-0.39, 0.29) is 0 Å². The fourth-order valence-corrected chi connectivity index (χ4v) is 1.16. The lowest BCUT2D eigenvalue weighted by Gasteiger charge is -2.09. The summed E-state index contributed by atoms with van der Waals surface area (Å²) in [6, 6.07) is 1.87. The molecule has 3 nitrogen and oxygen atoms in total. The third kappa shape index (κ3) is 1.74. The molecule has 0 aliphatic carbocycles. The maximum Gasteiger partial charge on any atom is 0.126 e. The zero-order valence-electron chi connectivity index (χ0n) is 7.72. The predicted octanol–water partition coefficient (Wildman–Crippen LogP) is 1.12. The van der Waals surface area contributed by atoms with Gasteiger partial charge in [-0.15, -0.1) is 0 Å². The third-order valence-corrected chi connectivity index (χ3v) is 1.80. The average Bonchev–Trinajstić information content (AvgIpc) is 2.09. The van der Waals surface area contributed by atoms with Crippen LogP contribution in [0.1, 0.15) is 11.3 Å². The maximum absolute atomic E-state index is 5.20. The summed E-state index contributed by atoms with van der Waals surface area (Å²) in [5.41, 5.74) is 2.14. The van der Waals surface area contributed by atoms with Gasteiger partial charge in [-0.2, -0.15) is 0 Å². The molecule has 0 aromatic carbocycles. The molecule has 0 spiro atoms. The van der Waals surface area contributed by atoms with Crippen LogP contribution in [0.2, 0.25) is 0 Å². The molecule has 0 radical (unpaired) electrons. The van der Waals surface area contributed by atoms with Crippen LogP contribution in [0.15, 0.2) is 12.3 Å². The smallest absolute Gasteiger partial charge is 0.126 e. The molecule has 0 aliphatic rings. The van der Waals surface area contributed by atoms with E-state index in [0.29, 0.717) is 0 Å². The van der Waals surface area contributed by atoms with Crippen molar-refractivity contribution in [2.75, 3.05) is 14.2 Å². The molecular formula is C9H14N2O. The lowest BCUT2D eigenvalue weighted by molar-refractivity contribution is 0.407. The van der Waals surface area contributed by atoms with Crippen LogP contribution in [0.4, 0.5) is 0 Å². The van der Waals surface area contributed by atoms with E-state index in [0.717, 1.165) is 23.6 Å². The number of hydrogen-bond donors (Lipinski definition) is 1. The number of aryl methyl sites for hydroxylation is 1. The second-order valence-corrected chi connectivity index (χ2v) is 2.61. The van der Waals surface area contributed by atoms with Crippen molar-refractivity contribution in [3.05, 3.63) is 23.5 Å². The molecule has 0 amide bonds. The first-order valence-electron chi connectivity index (χ1n) is 3.92. The first-order chi connectivity index (χ1) is 5.79. The highest BCUT2D eigenvalue weighted by atomic mass is 16.5. The van der Waals surface area contributed by atoms with E-state index in [2.05, 4.69) is 10.3 Å². The van der Waals surface area contributed by atoms with Crippen LogP contribution in [0.25, 0.3) is 0 Å². The van der Waals surface area contributed by atoms with Crippen molar-refractivity contribution in [1.82, 2.24) is 10.3 Å². The minimum atomic E-state index is 0.794. The van der Waals surface area contributed by atoms with Gasteiger partial charge in [0.25, 0.3) is 0 Å². The van der Waals surface area contributed by atoms with E-state index < -0.39 is 0 Å². The van der Waals surface area contributed by atoms with Gasteiger partial charge in [-0.3, -0.25) is 4.98 Å². The lowest BCUT2D eigenvalue weighted by Crippen LogP contribution is -2.09. The summed E-state index contributed by atoms with van der Waals surface area (Å²) in [5.74, 6) is 0.900. The summed E-state index contributed by atoms with van der Waals surface area (Å²) in [4.78, 5) is 4.19. The molecule has 1 rings (SSSR count). The molecule has 0 unspecified atom stereocenters. The van der Waals surface area contributed by atoms with Crippen molar-refractivity contribution in [3.8, 4) is 5.75 Å². The molecule has 12 heavy (non-hydrogen) atoms. The predicted molar refractivity (Wildman–Crippen MR) is 48.3 cm³/mol. The molecule has 3 heteroatoms. The van der Waals surface area contributed by atoms with Crippen LogP contribution in [0.3, 0.4) is 0 Å². The summed E-state index contributed by atoms with van der Waals surface area (Å²) in [7, 11) is 3.58. The number of nitrogens with one attached hydrogen (secondary N) is 1. The largest absolute Gasteiger partial charge is 0.496 e. The van der Waals surface area contributed by atoms with Gasteiger partial charge in [-0.25, -0.2) is 0 Å². The van der Waals surface area contributed by atoms with E-state index in [4.69, 9.17) is 4.74 Å². The minimum absolute atomic E-state index is 0.794. The van der Waals surface area contributed by atoms with Crippen LogP contribution in [-0.2, 0) is 6.54 Å². The Balaban J connectivity index is 3.02. The highest BCUT2D eigenvalue weighted by molar-refractivity contribution is 5.34. The van der Waals surface area contributed by atoms with Gasteiger partial charge in [-0.05, 0) is 20.0 Å². The molecule has 0 atom stereocenters. The standard InChI is InChI=1S/C9H14N2O/c1-7-8(6-10-2)9(12-3)4-5-11-7/h4-5,10H,6H2,1-3H3. The van der Waals surface area contributed by atoms with Gasteiger partial charge in [0.15, 0.2) is 0 Å². The van der Waals surface area contributed by atoms with Gasteiger partial charge >= 0.3 is 0 Å². The molecule has 1 aromatic heterocycles. The summed E-state index contributed by atoms with van der Waals surface area (Å²) in [6.07, 6.45) is 1.76. The van der Waals surface area contributed by atoms with Gasteiger partial charge < -0.3 is 10.1 Å². The number of hydrogen-bond acceptors (Lipinski definition) is 3. The number of pyridine rings is 1. The van der Waals surface area contributed by atoms with Crippen LogP contribution in [0.5, 0.6) is 5.75 Å². The maximum atomic E-state index is 5.20. The summed E-state index contributed by atoms with van der Waals surface area (Å²) < 4.78 is 5.20. The molecule has 0 fully saturated rings. The molecule has 1 aromatic rings. The summed E-state index contributed by atoms with van der Waals surface area (Å²) >= 11 is 0. The van der Waals surface area contributed by atoms with Gasteiger partial charge in [0.2, 0.25) is 0 Å². The number of methoxy groups -OCH3 is 1. The SMILES string of the molecule is CNCc1c(OC)ccnc1C. The van der Waals surface area contributed by atoms with Crippen LogP contribution >= 0.6 is 0 Å². The van der Waals surface area contributed by atoms with Crippen molar-refractivity contribution < 1.29 is 4.74 Å². The van der Waals surface area contributed by atoms with Crippen molar-refractivity contribution in [1.29, 1.82) is 0 Å². The Hall–Kier alpha value is -1.09. The Morgan fingerprint density at radius 2 is 2.33 bits per heavy atom. The van der Waals surface area contributed by atoms with Crippen LogP contribution in [0, 0.1) is 6.92 Å². The van der Waals surface area contributed by atoms with Gasteiger partial charge in [0.1, 0.15) is 5.75 Å². The molecule has 0 bridgehead atoms. The van der Waals surface area contributed by atoms with Crippen LogP contribution in [-0.4, -0.2) is 19.1 Å². The Morgan fingerprint density at radius 1 is 1.58 bits per heavy atom. The van der Waals surface area contributed by atoms with Gasteiger partial charge in [0.05, 0.1) is 7.11 Å². The molecule has 1 N–H and O–H groups in total. The quantitative estimate of drug-likeness (QED) is 0.730. The first kappa shape index (κ1) is 9.00. The molecule has 1 heterocycles. The number of nitrogens with zero attached hydrogens (tertiary/aromatic N) is 1. The van der Waals surface area contributed by atoms with Crippen molar-refractivity contribution in [2.24, 2.45) is 0 Å². The van der Waals surface area contributed by atoms with E-state index in [1.807, 2.05) is 20.0 Å². The first-order valence-corrected chi connectivity index (χ1v) is 3.92. The highest BCUT2D eigenvalue weighted by Gasteiger charge is 2.04. The van der Waals surface area contributed by atoms with E-state index in [1.54, 1.807) is 13.3 Å². The van der Waals surface area contributed by atoms with Crippen LogP contribution < -0.4 is 10.1 Å².